The Kier molecular flexibility index (Phi) is 5.85. The SMILES string of the molecule is C=C(CCOC(C)(C)C)Nc1nc2ccc(Cl)nc2n1-c1ccc(P)cc1. The van der Waals surface area contributed by atoms with Crippen molar-refractivity contribution in [1.29, 1.82) is 0 Å². The highest BCUT2D eigenvalue weighted by Crippen LogP contribution is 2.25. The highest BCUT2D eigenvalue weighted by atomic mass is 35.5. The molecule has 0 amide bonds. The summed E-state index contributed by atoms with van der Waals surface area (Å²) in [4.78, 5) is 9.14. The first-order valence-electron chi connectivity index (χ1n) is 8.72. The van der Waals surface area contributed by atoms with Gasteiger partial charge in [-0.15, -0.1) is 9.24 Å². The second-order valence-electron chi connectivity index (χ2n) is 7.28. The first-order valence-corrected chi connectivity index (χ1v) is 9.68. The molecule has 0 saturated carbocycles. The first-order chi connectivity index (χ1) is 12.7. The summed E-state index contributed by atoms with van der Waals surface area (Å²) in [5.74, 6) is 0.650. The molecule has 1 atom stereocenters. The van der Waals surface area contributed by atoms with E-state index in [2.05, 4.69) is 31.1 Å². The van der Waals surface area contributed by atoms with E-state index in [4.69, 9.17) is 16.3 Å². The van der Waals surface area contributed by atoms with E-state index in [-0.39, 0.29) is 5.60 Å². The number of hydrogen-bond acceptors (Lipinski definition) is 4. The molecule has 0 fully saturated rings. The summed E-state index contributed by atoms with van der Waals surface area (Å²) in [5.41, 5.74) is 3.05. The second-order valence-corrected chi connectivity index (χ2v) is 8.33. The Labute approximate surface area is 167 Å². The fraction of sp³-hybridized carbons (Fsp3) is 0.300. The minimum absolute atomic E-state index is 0.173. The average molecular weight is 403 g/mol. The molecule has 1 unspecified atom stereocenters. The average Bonchev–Trinajstić information content (AvgIpc) is 2.91. The fourth-order valence-corrected chi connectivity index (χ4v) is 2.92. The summed E-state index contributed by atoms with van der Waals surface area (Å²) in [5, 5.41) is 4.84. The molecule has 1 aromatic carbocycles. The molecule has 0 aliphatic rings. The van der Waals surface area contributed by atoms with Crippen LogP contribution in [-0.4, -0.2) is 26.7 Å². The zero-order valence-corrected chi connectivity index (χ0v) is 17.7. The number of fused-ring (bicyclic) bond motifs is 1. The molecule has 7 heteroatoms. The van der Waals surface area contributed by atoms with Crippen LogP contribution < -0.4 is 10.6 Å². The smallest absolute Gasteiger partial charge is 0.214 e. The number of hydrogen-bond donors (Lipinski definition) is 1. The van der Waals surface area contributed by atoms with Gasteiger partial charge in [-0.2, -0.15) is 0 Å². The zero-order valence-electron chi connectivity index (χ0n) is 15.8. The van der Waals surface area contributed by atoms with Gasteiger partial charge in [0, 0.05) is 12.1 Å². The van der Waals surface area contributed by atoms with Crippen LogP contribution in [-0.2, 0) is 4.74 Å². The molecule has 0 aliphatic carbocycles. The first kappa shape index (κ1) is 19.8. The summed E-state index contributed by atoms with van der Waals surface area (Å²) in [7, 11) is 2.68. The van der Waals surface area contributed by atoms with Crippen molar-refractivity contribution in [2.45, 2.75) is 32.8 Å². The number of halogens is 1. The predicted molar refractivity (Wildman–Crippen MR) is 116 cm³/mol. The third-order valence-electron chi connectivity index (χ3n) is 3.85. The van der Waals surface area contributed by atoms with Crippen LogP contribution in [0.15, 0.2) is 48.7 Å². The van der Waals surface area contributed by atoms with Gasteiger partial charge >= 0.3 is 0 Å². The van der Waals surface area contributed by atoms with Crippen molar-refractivity contribution in [3.8, 4) is 5.69 Å². The minimum atomic E-state index is -0.173. The van der Waals surface area contributed by atoms with Crippen LogP contribution >= 0.6 is 20.8 Å². The van der Waals surface area contributed by atoms with Crippen LogP contribution in [0.3, 0.4) is 0 Å². The molecule has 0 saturated heterocycles. The number of ether oxygens (including phenoxy) is 1. The van der Waals surface area contributed by atoms with Gasteiger partial charge in [-0.05, 0) is 50.3 Å². The number of nitrogens with zero attached hydrogens (tertiary/aromatic N) is 3. The highest BCUT2D eigenvalue weighted by molar-refractivity contribution is 7.27. The molecule has 2 aromatic heterocycles. The van der Waals surface area contributed by atoms with Gasteiger partial charge in [-0.3, -0.25) is 4.57 Å². The van der Waals surface area contributed by atoms with Crippen molar-refractivity contribution in [2.24, 2.45) is 0 Å². The molecule has 142 valence electrons. The Morgan fingerprint density at radius 1 is 1.19 bits per heavy atom. The van der Waals surface area contributed by atoms with Gasteiger partial charge in [0.25, 0.3) is 0 Å². The second kappa shape index (κ2) is 7.97. The number of aromatic nitrogens is 3. The molecule has 0 bridgehead atoms. The van der Waals surface area contributed by atoms with E-state index < -0.39 is 0 Å². The largest absolute Gasteiger partial charge is 0.375 e. The lowest BCUT2D eigenvalue weighted by molar-refractivity contribution is -0.000835. The number of anilines is 1. The van der Waals surface area contributed by atoms with Crippen molar-refractivity contribution in [3.63, 3.8) is 0 Å². The summed E-state index contributed by atoms with van der Waals surface area (Å²) in [6.07, 6.45) is 0.680. The number of benzene rings is 1. The number of rotatable bonds is 6. The van der Waals surface area contributed by atoms with E-state index in [1.54, 1.807) is 6.07 Å². The molecule has 1 N–H and O–H groups in total. The van der Waals surface area contributed by atoms with E-state index in [1.165, 1.54) is 0 Å². The number of imidazole rings is 1. The Bertz CT molecular complexity index is 961. The summed E-state index contributed by atoms with van der Waals surface area (Å²) in [6.45, 7) is 10.8. The van der Waals surface area contributed by atoms with Crippen molar-refractivity contribution < 1.29 is 4.74 Å². The van der Waals surface area contributed by atoms with Crippen LogP contribution in [0, 0.1) is 0 Å². The van der Waals surface area contributed by atoms with Crippen LogP contribution in [0.25, 0.3) is 16.9 Å². The van der Waals surface area contributed by atoms with Gasteiger partial charge in [0.05, 0.1) is 17.9 Å². The maximum atomic E-state index is 6.12. The molecule has 27 heavy (non-hydrogen) atoms. The molecule has 2 heterocycles. The molecular weight excluding hydrogens is 379 g/mol. The molecule has 0 aliphatic heterocycles. The fourth-order valence-electron chi connectivity index (χ4n) is 2.59. The predicted octanol–water partition coefficient (Wildman–Crippen LogP) is 4.71. The zero-order chi connectivity index (χ0) is 19.6. The van der Waals surface area contributed by atoms with Crippen molar-refractivity contribution in [3.05, 3.63) is 53.8 Å². The molecule has 3 rings (SSSR count). The van der Waals surface area contributed by atoms with Crippen molar-refractivity contribution >= 4 is 43.3 Å². The lowest BCUT2D eigenvalue weighted by Gasteiger charge is -2.20. The van der Waals surface area contributed by atoms with E-state index in [0.717, 1.165) is 22.2 Å². The van der Waals surface area contributed by atoms with E-state index >= 15 is 0 Å². The van der Waals surface area contributed by atoms with Gasteiger partial charge < -0.3 is 10.1 Å². The van der Waals surface area contributed by atoms with Gasteiger partial charge in [0.15, 0.2) is 5.65 Å². The maximum absolute atomic E-state index is 6.12. The van der Waals surface area contributed by atoms with E-state index in [0.29, 0.717) is 29.8 Å². The van der Waals surface area contributed by atoms with Crippen molar-refractivity contribution in [2.75, 3.05) is 11.9 Å². The van der Waals surface area contributed by atoms with Gasteiger partial charge in [-0.25, -0.2) is 9.97 Å². The molecule has 5 nitrogen and oxygen atoms in total. The lowest BCUT2D eigenvalue weighted by Crippen LogP contribution is -2.20. The monoisotopic (exact) mass is 402 g/mol. The quantitative estimate of drug-likeness (QED) is 0.479. The molecular formula is C20H24ClN4OP. The minimum Gasteiger partial charge on any atom is -0.375 e. The van der Waals surface area contributed by atoms with Crippen molar-refractivity contribution in [1.82, 2.24) is 14.5 Å². The summed E-state index contributed by atoms with van der Waals surface area (Å²) >= 11 is 6.12. The van der Waals surface area contributed by atoms with E-state index in [1.807, 2.05) is 55.7 Å². The van der Waals surface area contributed by atoms with Crippen LogP contribution in [0.5, 0.6) is 0 Å². The topological polar surface area (TPSA) is 52.0 Å². The normalized spacial score (nSPS) is 11.7. The maximum Gasteiger partial charge on any atom is 0.214 e. The molecule has 0 radical (unpaired) electrons. The Morgan fingerprint density at radius 3 is 2.56 bits per heavy atom. The van der Waals surface area contributed by atoms with Crippen LogP contribution in [0.2, 0.25) is 5.15 Å². The highest BCUT2D eigenvalue weighted by Gasteiger charge is 2.15. The number of pyridine rings is 1. The van der Waals surface area contributed by atoms with Crippen LogP contribution in [0.1, 0.15) is 27.2 Å². The number of nitrogens with one attached hydrogen (secondary N) is 1. The van der Waals surface area contributed by atoms with Crippen LogP contribution in [0.4, 0.5) is 5.95 Å². The Hall–Kier alpha value is -1.94. The Balaban J connectivity index is 1.91. The molecule has 3 aromatic rings. The third kappa shape index (κ3) is 5.07. The Morgan fingerprint density at radius 2 is 1.89 bits per heavy atom. The van der Waals surface area contributed by atoms with E-state index in [9.17, 15) is 0 Å². The van der Waals surface area contributed by atoms with Gasteiger partial charge in [0.1, 0.15) is 10.7 Å². The van der Waals surface area contributed by atoms with Gasteiger partial charge in [0.2, 0.25) is 5.95 Å². The summed E-state index contributed by atoms with van der Waals surface area (Å²) in [6, 6.07) is 11.7. The third-order valence-corrected chi connectivity index (χ3v) is 4.44. The lowest BCUT2D eigenvalue weighted by atomic mass is 10.2. The molecule has 0 spiro atoms. The van der Waals surface area contributed by atoms with Gasteiger partial charge in [-0.1, -0.05) is 30.3 Å². The summed E-state index contributed by atoms with van der Waals surface area (Å²) < 4.78 is 7.73. The standard InChI is InChI=1S/C20H24ClN4OP/c1-13(11-12-26-20(2,3)4)22-19-23-16-9-10-17(21)24-18(16)25(19)14-5-7-15(27)8-6-14/h5-10H,1,11-12,27H2,2-4H3,(H,22,23).